The fourth-order valence-corrected chi connectivity index (χ4v) is 3.39. The summed E-state index contributed by atoms with van der Waals surface area (Å²) in [5.41, 5.74) is 14.8. The number of anilines is 3. The van der Waals surface area contributed by atoms with Crippen LogP contribution in [0, 0.1) is 6.92 Å². The number of amides is 1. The van der Waals surface area contributed by atoms with E-state index in [0.717, 1.165) is 16.5 Å². The van der Waals surface area contributed by atoms with Gasteiger partial charge in [-0.25, -0.2) is 14.8 Å². The van der Waals surface area contributed by atoms with E-state index < -0.39 is 11.7 Å². The Bertz CT molecular complexity index is 1090. The van der Waals surface area contributed by atoms with Crippen LogP contribution in [-0.2, 0) is 9.47 Å². The molecule has 1 amide bonds. The Hall–Kier alpha value is -3.39. The van der Waals surface area contributed by atoms with Crippen molar-refractivity contribution in [3.63, 3.8) is 0 Å². The van der Waals surface area contributed by atoms with E-state index in [1.54, 1.807) is 12.3 Å². The Labute approximate surface area is 168 Å². The summed E-state index contributed by atoms with van der Waals surface area (Å²) in [6.07, 6.45) is 1.68. The van der Waals surface area contributed by atoms with Crippen molar-refractivity contribution in [1.82, 2.24) is 9.97 Å². The van der Waals surface area contributed by atoms with Crippen LogP contribution >= 0.6 is 0 Å². The molecule has 0 radical (unpaired) electrons. The van der Waals surface area contributed by atoms with Gasteiger partial charge in [0.25, 0.3) is 0 Å². The number of hydrogen-bond donors (Lipinski definition) is 3. The lowest BCUT2D eigenvalue weighted by molar-refractivity contribution is 0.0241. The van der Waals surface area contributed by atoms with E-state index in [2.05, 4.69) is 15.3 Å². The van der Waals surface area contributed by atoms with Crippen LogP contribution in [0.5, 0.6) is 0 Å². The van der Waals surface area contributed by atoms with Crippen molar-refractivity contribution in [3.8, 4) is 11.3 Å². The summed E-state index contributed by atoms with van der Waals surface area (Å²) in [7, 11) is 0. The highest BCUT2D eigenvalue weighted by molar-refractivity contribution is 5.96. The van der Waals surface area contributed by atoms with Crippen molar-refractivity contribution in [3.05, 3.63) is 42.1 Å². The maximum absolute atomic E-state index is 12.3. The largest absolute Gasteiger partial charge is 0.440 e. The second-order valence-corrected chi connectivity index (χ2v) is 7.47. The number of nitrogens with two attached hydrogens (primary N) is 2. The Morgan fingerprint density at radius 3 is 2.90 bits per heavy atom. The molecule has 29 heavy (non-hydrogen) atoms. The van der Waals surface area contributed by atoms with Gasteiger partial charge >= 0.3 is 6.09 Å². The van der Waals surface area contributed by atoms with E-state index in [1.165, 1.54) is 0 Å². The molecule has 3 heterocycles. The number of hydrogen-bond acceptors (Lipinski definition) is 7. The first kappa shape index (κ1) is 18.9. The molecule has 0 unspecified atom stereocenters. The summed E-state index contributed by atoms with van der Waals surface area (Å²) in [5.74, 6) is 0.724. The maximum atomic E-state index is 12.3. The fourth-order valence-electron chi connectivity index (χ4n) is 3.39. The van der Waals surface area contributed by atoms with Crippen LogP contribution in [0.1, 0.15) is 18.9 Å². The van der Waals surface area contributed by atoms with Gasteiger partial charge < -0.3 is 20.9 Å². The monoisotopic (exact) mass is 393 g/mol. The average molecular weight is 393 g/mol. The van der Waals surface area contributed by atoms with Crippen LogP contribution in [-0.4, -0.2) is 34.9 Å². The molecule has 0 bridgehead atoms. The van der Waals surface area contributed by atoms with Crippen LogP contribution in [0.25, 0.3) is 22.0 Å². The van der Waals surface area contributed by atoms with Gasteiger partial charge in [0.05, 0.1) is 18.9 Å². The number of benzene rings is 1. The molecule has 2 aromatic heterocycles. The number of pyridine rings is 2. The van der Waals surface area contributed by atoms with Gasteiger partial charge in [0.15, 0.2) is 0 Å². The average Bonchev–Trinajstić information content (AvgIpc) is 3.09. The molecule has 150 valence electrons. The minimum Gasteiger partial charge on any atom is -0.440 e. The van der Waals surface area contributed by atoms with E-state index in [-0.39, 0.29) is 0 Å². The van der Waals surface area contributed by atoms with E-state index in [4.69, 9.17) is 20.9 Å². The van der Waals surface area contributed by atoms with Gasteiger partial charge in [0, 0.05) is 29.3 Å². The van der Waals surface area contributed by atoms with E-state index in [9.17, 15) is 4.79 Å². The van der Waals surface area contributed by atoms with Crippen molar-refractivity contribution < 1.29 is 14.3 Å². The zero-order valence-corrected chi connectivity index (χ0v) is 16.4. The first-order valence-corrected chi connectivity index (χ1v) is 9.34. The Balaban J connectivity index is 1.64. The SMILES string of the molecule is Cc1c(N)cccc1-c1cc2cc(NC(=O)O[C@@]3(C)CCOC3)ncc2c(N)n1. The number of nitrogens with one attached hydrogen (secondary N) is 1. The normalized spacial score (nSPS) is 18.7. The van der Waals surface area contributed by atoms with Crippen molar-refractivity contribution in [2.75, 3.05) is 30.0 Å². The Morgan fingerprint density at radius 2 is 2.14 bits per heavy atom. The van der Waals surface area contributed by atoms with Crippen LogP contribution in [0.15, 0.2) is 36.5 Å². The molecule has 5 N–H and O–H groups in total. The molecular weight excluding hydrogens is 370 g/mol. The summed E-state index contributed by atoms with van der Waals surface area (Å²) < 4.78 is 10.8. The van der Waals surface area contributed by atoms with Crippen LogP contribution in [0.2, 0.25) is 0 Å². The highest BCUT2D eigenvalue weighted by Crippen LogP contribution is 2.31. The molecule has 1 fully saturated rings. The van der Waals surface area contributed by atoms with E-state index in [0.29, 0.717) is 48.0 Å². The van der Waals surface area contributed by atoms with Gasteiger partial charge in [0.1, 0.15) is 17.2 Å². The van der Waals surface area contributed by atoms with Crippen molar-refractivity contribution in [2.45, 2.75) is 25.9 Å². The topological polar surface area (TPSA) is 125 Å². The van der Waals surface area contributed by atoms with Gasteiger partial charge in [-0.3, -0.25) is 5.32 Å². The first-order valence-electron chi connectivity index (χ1n) is 9.34. The third kappa shape index (κ3) is 3.79. The minimum atomic E-state index is -0.618. The van der Waals surface area contributed by atoms with Gasteiger partial charge in [-0.15, -0.1) is 0 Å². The summed E-state index contributed by atoms with van der Waals surface area (Å²) in [6, 6.07) is 9.31. The lowest BCUT2D eigenvalue weighted by Gasteiger charge is -2.22. The van der Waals surface area contributed by atoms with Gasteiger partial charge in [0.2, 0.25) is 0 Å². The molecule has 4 rings (SSSR count). The molecule has 1 atom stereocenters. The summed E-state index contributed by atoms with van der Waals surface area (Å²) >= 11 is 0. The molecule has 3 aromatic rings. The van der Waals surface area contributed by atoms with E-state index in [1.807, 2.05) is 38.1 Å². The molecule has 1 aromatic carbocycles. The zero-order valence-electron chi connectivity index (χ0n) is 16.4. The predicted octanol–water partition coefficient (Wildman–Crippen LogP) is 3.50. The Kier molecular flexibility index (Phi) is 4.71. The maximum Gasteiger partial charge on any atom is 0.413 e. The highest BCUT2D eigenvalue weighted by Gasteiger charge is 2.33. The number of nitrogen functional groups attached to an aromatic ring is 2. The minimum absolute atomic E-state index is 0.358. The lowest BCUT2D eigenvalue weighted by atomic mass is 10.0. The molecule has 1 aliphatic heterocycles. The predicted molar refractivity (Wildman–Crippen MR) is 112 cm³/mol. The molecule has 8 heteroatoms. The van der Waals surface area contributed by atoms with Gasteiger partial charge in [-0.1, -0.05) is 12.1 Å². The number of fused-ring (bicyclic) bond motifs is 1. The van der Waals surface area contributed by atoms with Gasteiger partial charge in [-0.2, -0.15) is 0 Å². The third-order valence-corrected chi connectivity index (χ3v) is 5.15. The standard InChI is InChI=1S/C21H23N5O3/c1-12-14(4-3-5-16(12)22)17-8-13-9-18(24-10-15(13)19(23)25-17)26-20(27)29-21(2)6-7-28-11-21/h3-5,8-10H,6-7,11,22H2,1-2H3,(H2,23,25)(H,24,26,27)/t21-/m0/s1. The number of carbonyl (C=O) groups is 1. The van der Waals surface area contributed by atoms with Gasteiger partial charge in [-0.05, 0) is 43.0 Å². The third-order valence-electron chi connectivity index (χ3n) is 5.15. The molecule has 8 nitrogen and oxygen atoms in total. The fraction of sp³-hybridized carbons (Fsp3) is 0.286. The van der Waals surface area contributed by atoms with Crippen molar-refractivity contribution in [1.29, 1.82) is 0 Å². The molecule has 0 saturated carbocycles. The highest BCUT2D eigenvalue weighted by atomic mass is 16.6. The summed E-state index contributed by atoms with van der Waals surface area (Å²) in [4.78, 5) is 21.0. The number of aromatic nitrogens is 2. The van der Waals surface area contributed by atoms with Crippen LogP contribution in [0.3, 0.4) is 0 Å². The number of ether oxygens (including phenoxy) is 2. The summed E-state index contributed by atoms with van der Waals surface area (Å²) in [6.45, 7) is 4.75. The smallest absolute Gasteiger partial charge is 0.413 e. The number of nitrogens with zero attached hydrogens (tertiary/aromatic N) is 2. The van der Waals surface area contributed by atoms with Crippen molar-refractivity contribution in [2.24, 2.45) is 0 Å². The summed E-state index contributed by atoms with van der Waals surface area (Å²) in [5, 5.41) is 4.18. The molecule has 1 aliphatic rings. The van der Waals surface area contributed by atoms with Crippen LogP contribution in [0.4, 0.5) is 22.1 Å². The first-order chi connectivity index (χ1) is 13.8. The molecule has 0 aliphatic carbocycles. The quantitative estimate of drug-likeness (QED) is 0.582. The zero-order chi connectivity index (χ0) is 20.6. The van der Waals surface area contributed by atoms with E-state index >= 15 is 0 Å². The second-order valence-electron chi connectivity index (χ2n) is 7.47. The lowest BCUT2D eigenvalue weighted by Crippen LogP contribution is -2.34. The second kappa shape index (κ2) is 7.21. The Morgan fingerprint density at radius 1 is 1.31 bits per heavy atom. The van der Waals surface area contributed by atoms with Crippen LogP contribution < -0.4 is 16.8 Å². The number of rotatable bonds is 3. The molecule has 1 saturated heterocycles. The number of carbonyl (C=O) groups excluding carboxylic acids is 1. The molecule has 0 spiro atoms. The van der Waals surface area contributed by atoms with Crippen molar-refractivity contribution >= 4 is 34.2 Å². The molecular formula is C21H23N5O3.